The van der Waals surface area contributed by atoms with Crippen LogP contribution in [0.5, 0.6) is 0 Å². The van der Waals surface area contributed by atoms with Crippen LogP contribution >= 0.6 is 0 Å². The van der Waals surface area contributed by atoms with Crippen LogP contribution in [-0.4, -0.2) is 19.3 Å². The monoisotopic (exact) mass is 275 g/mol. The summed E-state index contributed by atoms with van der Waals surface area (Å²) in [5.74, 6) is 0.740. The number of hydrogen-bond donors (Lipinski definition) is 1. The molecular weight excluding hydrogens is 246 g/mol. The van der Waals surface area contributed by atoms with E-state index in [9.17, 15) is 0 Å². The fourth-order valence-corrected chi connectivity index (χ4v) is 2.94. The normalized spacial score (nSPS) is 18.0. The third kappa shape index (κ3) is 3.62. The van der Waals surface area contributed by atoms with Gasteiger partial charge in [-0.3, -0.25) is 0 Å². The number of benzene rings is 1. The number of aryl methyl sites for hydroxylation is 1. The number of ether oxygens (including phenoxy) is 1. The van der Waals surface area contributed by atoms with Gasteiger partial charge in [0, 0.05) is 6.61 Å². The summed E-state index contributed by atoms with van der Waals surface area (Å²) in [6.45, 7) is 10.6. The molecule has 2 atom stereocenters. The van der Waals surface area contributed by atoms with Crippen molar-refractivity contribution in [2.75, 3.05) is 13.2 Å². The first-order valence-electron chi connectivity index (χ1n) is 8.10. The molecule has 2 nitrogen and oxygen atoms in total. The molecule has 1 aliphatic carbocycles. The molecule has 0 bridgehead atoms. The summed E-state index contributed by atoms with van der Waals surface area (Å²) in [5, 5.41) is 3.74. The van der Waals surface area contributed by atoms with E-state index < -0.39 is 0 Å². The van der Waals surface area contributed by atoms with Crippen LogP contribution in [0.4, 0.5) is 0 Å². The first-order valence-corrected chi connectivity index (χ1v) is 8.10. The summed E-state index contributed by atoms with van der Waals surface area (Å²) in [5.41, 5.74) is 4.20. The number of rotatable bonds is 8. The topological polar surface area (TPSA) is 21.3 Å². The maximum absolute atomic E-state index is 6.11. The zero-order valence-electron chi connectivity index (χ0n) is 13.4. The van der Waals surface area contributed by atoms with Crippen LogP contribution < -0.4 is 5.32 Å². The Morgan fingerprint density at radius 1 is 1.25 bits per heavy atom. The summed E-state index contributed by atoms with van der Waals surface area (Å²) in [6, 6.07) is 6.98. The van der Waals surface area contributed by atoms with Crippen molar-refractivity contribution >= 4 is 0 Å². The second-order valence-electron chi connectivity index (χ2n) is 5.98. The number of nitrogens with one attached hydrogen (secondary N) is 1. The van der Waals surface area contributed by atoms with E-state index in [1.807, 2.05) is 0 Å². The van der Waals surface area contributed by atoms with Gasteiger partial charge in [0.25, 0.3) is 0 Å². The lowest BCUT2D eigenvalue weighted by Crippen LogP contribution is -2.36. The molecule has 1 saturated carbocycles. The SMILES string of the molecule is CCCNC(c1cccc(C)c1C)C(OCC)C1CC1. The Morgan fingerprint density at radius 3 is 2.60 bits per heavy atom. The van der Waals surface area contributed by atoms with Crippen molar-refractivity contribution in [2.45, 2.75) is 59.1 Å². The van der Waals surface area contributed by atoms with Gasteiger partial charge in [0.2, 0.25) is 0 Å². The van der Waals surface area contributed by atoms with Gasteiger partial charge in [-0.15, -0.1) is 0 Å². The van der Waals surface area contributed by atoms with Gasteiger partial charge in [0.15, 0.2) is 0 Å². The highest BCUT2D eigenvalue weighted by Crippen LogP contribution is 2.40. The molecule has 2 rings (SSSR count). The molecule has 2 unspecified atom stereocenters. The van der Waals surface area contributed by atoms with Crippen molar-refractivity contribution in [3.05, 3.63) is 34.9 Å². The molecule has 1 N–H and O–H groups in total. The zero-order chi connectivity index (χ0) is 14.5. The third-order valence-electron chi connectivity index (χ3n) is 4.37. The van der Waals surface area contributed by atoms with Gasteiger partial charge in [0.1, 0.15) is 0 Å². The maximum atomic E-state index is 6.11. The highest BCUT2D eigenvalue weighted by Gasteiger charge is 2.38. The predicted molar refractivity (Wildman–Crippen MR) is 85.1 cm³/mol. The van der Waals surface area contributed by atoms with Gasteiger partial charge in [-0.1, -0.05) is 25.1 Å². The smallest absolute Gasteiger partial charge is 0.0797 e. The van der Waals surface area contributed by atoms with Crippen molar-refractivity contribution in [1.29, 1.82) is 0 Å². The summed E-state index contributed by atoms with van der Waals surface area (Å²) in [4.78, 5) is 0. The van der Waals surface area contributed by atoms with E-state index in [1.54, 1.807) is 0 Å². The average Bonchev–Trinajstić information content (AvgIpc) is 3.26. The quantitative estimate of drug-likeness (QED) is 0.769. The minimum atomic E-state index is 0.326. The number of hydrogen-bond acceptors (Lipinski definition) is 2. The summed E-state index contributed by atoms with van der Waals surface area (Å²) < 4.78 is 6.11. The van der Waals surface area contributed by atoms with Crippen LogP contribution in [0.15, 0.2) is 18.2 Å². The summed E-state index contributed by atoms with van der Waals surface area (Å²) in [6.07, 6.45) is 4.12. The molecule has 1 fully saturated rings. The molecular formula is C18H29NO. The van der Waals surface area contributed by atoms with E-state index in [-0.39, 0.29) is 0 Å². The Kier molecular flexibility index (Phi) is 5.62. The Balaban J connectivity index is 2.27. The Bertz CT molecular complexity index is 425. The van der Waals surface area contributed by atoms with Crippen molar-refractivity contribution in [3.8, 4) is 0 Å². The van der Waals surface area contributed by atoms with Crippen molar-refractivity contribution < 1.29 is 4.74 Å². The molecule has 0 aliphatic heterocycles. The van der Waals surface area contributed by atoms with Crippen LogP contribution in [0.1, 0.15) is 55.8 Å². The largest absolute Gasteiger partial charge is 0.376 e. The Labute approximate surface area is 123 Å². The maximum Gasteiger partial charge on any atom is 0.0797 e. The molecule has 20 heavy (non-hydrogen) atoms. The van der Waals surface area contributed by atoms with E-state index in [0.717, 1.165) is 25.5 Å². The van der Waals surface area contributed by atoms with Crippen LogP contribution in [0, 0.1) is 19.8 Å². The van der Waals surface area contributed by atoms with E-state index in [4.69, 9.17) is 4.74 Å². The molecule has 1 aliphatic rings. The molecule has 0 spiro atoms. The summed E-state index contributed by atoms with van der Waals surface area (Å²) >= 11 is 0. The van der Waals surface area contributed by atoms with Crippen molar-refractivity contribution in [2.24, 2.45) is 5.92 Å². The minimum Gasteiger partial charge on any atom is -0.376 e. The molecule has 0 aromatic heterocycles. The fourth-order valence-electron chi connectivity index (χ4n) is 2.94. The van der Waals surface area contributed by atoms with E-state index >= 15 is 0 Å². The second-order valence-corrected chi connectivity index (χ2v) is 5.98. The minimum absolute atomic E-state index is 0.326. The van der Waals surface area contributed by atoms with Crippen molar-refractivity contribution in [1.82, 2.24) is 5.32 Å². The molecule has 1 aromatic rings. The molecule has 112 valence electrons. The van der Waals surface area contributed by atoms with E-state index in [2.05, 4.69) is 51.2 Å². The van der Waals surface area contributed by atoms with Crippen LogP contribution in [0.25, 0.3) is 0 Å². The molecule has 0 radical (unpaired) electrons. The molecule has 0 saturated heterocycles. The van der Waals surface area contributed by atoms with Crippen LogP contribution in [0.3, 0.4) is 0 Å². The molecule has 0 amide bonds. The Hall–Kier alpha value is -0.860. The average molecular weight is 275 g/mol. The molecule has 2 heteroatoms. The van der Waals surface area contributed by atoms with Gasteiger partial charge < -0.3 is 10.1 Å². The lowest BCUT2D eigenvalue weighted by Gasteiger charge is -2.30. The highest BCUT2D eigenvalue weighted by atomic mass is 16.5. The van der Waals surface area contributed by atoms with Crippen LogP contribution in [0.2, 0.25) is 0 Å². The zero-order valence-corrected chi connectivity index (χ0v) is 13.4. The van der Waals surface area contributed by atoms with Gasteiger partial charge in [-0.25, -0.2) is 0 Å². The molecule has 0 heterocycles. The second kappa shape index (κ2) is 7.24. The lowest BCUT2D eigenvalue weighted by molar-refractivity contribution is 0.0184. The first kappa shape index (κ1) is 15.5. The fraction of sp³-hybridized carbons (Fsp3) is 0.667. The van der Waals surface area contributed by atoms with E-state index in [1.165, 1.54) is 29.5 Å². The first-order chi connectivity index (χ1) is 9.69. The summed E-state index contributed by atoms with van der Waals surface area (Å²) in [7, 11) is 0. The highest BCUT2D eigenvalue weighted by molar-refractivity contribution is 5.36. The van der Waals surface area contributed by atoms with Crippen LogP contribution in [-0.2, 0) is 4.74 Å². The Morgan fingerprint density at radius 2 is 2.00 bits per heavy atom. The van der Waals surface area contributed by atoms with Gasteiger partial charge in [-0.05, 0) is 69.2 Å². The van der Waals surface area contributed by atoms with Crippen molar-refractivity contribution in [3.63, 3.8) is 0 Å². The molecule has 1 aromatic carbocycles. The van der Waals surface area contributed by atoms with Gasteiger partial charge in [0.05, 0.1) is 12.1 Å². The van der Waals surface area contributed by atoms with Gasteiger partial charge in [-0.2, -0.15) is 0 Å². The standard InChI is InChI=1S/C18H29NO/c1-5-12-19-17(18(20-6-2)15-10-11-15)16-9-7-8-13(3)14(16)4/h7-9,15,17-19H,5-6,10-12H2,1-4H3. The lowest BCUT2D eigenvalue weighted by atomic mass is 9.92. The van der Waals surface area contributed by atoms with E-state index in [0.29, 0.717) is 12.1 Å². The predicted octanol–water partition coefficient (Wildman–Crippen LogP) is 4.16. The van der Waals surface area contributed by atoms with Gasteiger partial charge >= 0.3 is 0 Å². The third-order valence-corrected chi connectivity index (χ3v) is 4.37.